The van der Waals surface area contributed by atoms with Gasteiger partial charge in [-0.25, -0.2) is 0 Å². The molecule has 0 saturated heterocycles. The summed E-state index contributed by atoms with van der Waals surface area (Å²) in [6.07, 6.45) is 2.96. The lowest BCUT2D eigenvalue weighted by atomic mass is 9.66. The third-order valence-electron chi connectivity index (χ3n) is 3.60. The number of nitrogens with one attached hydrogen (secondary N) is 1. The van der Waals surface area contributed by atoms with E-state index in [4.69, 9.17) is 5.11 Å². The Morgan fingerprint density at radius 3 is 2.39 bits per heavy atom. The van der Waals surface area contributed by atoms with Gasteiger partial charge in [-0.05, 0) is 30.4 Å². The maximum Gasteiger partial charge on any atom is 0.303 e. The minimum Gasteiger partial charge on any atom is -0.481 e. The van der Waals surface area contributed by atoms with Gasteiger partial charge in [-0.1, -0.05) is 24.6 Å². The van der Waals surface area contributed by atoms with Crippen molar-refractivity contribution in [3.8, 4) is 0 Å². The van der Waals surface area contributed by atoms with Crippen LogP contribution in [0.5, 0.6) is 0 Å². The molecule has 0 unspecified atom stereocenters. The molecule has 2 N–H and O–H groups in total. The molecule has 1 saturated carbocycles. The first-order valence-electron chi connectivity index (χ1n) is 6.16. The second kappa shape index (κ2) is 5.21. The van der Waals surface area contributed by atoms with Gasteiger partial charge in [-0.3, -0.25) is 9.59 Å². The molecule has 1 aromatic rings. The van der Waals surface area contributed by atoms with Crippen LogP contribution < -0.4 is 5.32 Å². The molecule has 0 spiro atoms. The fourth-order valence-electron chi connectivity index (χ4n) is 2.37. The number of carboxylic acid groups (broad SMARTS) is 1. The van der Waals surface area contributed by atoms with Crippen LogP contribution in [0.2, 0.25) is 0 Å². The zero-order chi connectivity index (χ0) is 13.0. The highest BCUT2D eigenvalue weighted by Gasteiger charge is 2.39. The molecule has 1 fully saturated rings. The lowest BCUT2D eigenvalue weighted by Crippen LogP contribution is -2.43. The normalized spacial score (nSPS) is 16.7. The SMILES string of the molecule is O=C(O)CC1(CNC(=O)c2ccccc2)CCC1. The largest absolute Gasteiger partial charge is 0.481 e. The monoisotopic (exact) mass is 247 g/mol. The summed E-state index contributed by atoms with van der Waals surface area (Å²) >= 11 is 0. The zero-order valence-corrected chi connectivity index (χ0v) is 10.2. The average Bonchev–Trinajstić information content (AvgIpc) is 2.32. The van der Waals surface area contributed by atoms with Crippen molar-refractivity contribution in [3.63, 3.8) is 0 Å². The topological polar surface area (TPSA) is 66.4 Å². The molecule has 1 aliphatic rings. The van der Waals surface area contributed by atoms with Crippen LogP contribution in [0, 0.1) is 5.41 Å². The highest BCUT2D eigenvalue weighted by Crippen LogP contribution is 2.43. The zero-order valence-electron chi connectivity index (χ0n) is 10.2. The van der Waals surface area contributed by atoms with E-state index in [1.54, 1.807) is 12.1 Å². The third-order valence-corrected chi connectivity index (χ3v) is 3.60. The van der Waals surface area contributed by atoms with E-state index >= 15 is 0 Å². The Balaban J connectivity index is 1.91. The van der Waals surface area contributed by atoms with Crippen LogP contribution in [0.4, 0.5) is 0 Å². The van der Waals surface area contributed by atoms with Crippen molar-refractivity contribution < 1.29 is 14.7 Å². The van der Waals surface area contributed by atoms with E-state index in [0.717, 1.165) is 19.3 Å². The maximum atomic E-state index is 11.9. The van der Waals surface area contributed by atoms with Crippen molar-refractivity contribution in [2.75, 3.05) is 6.54 Å². The number of carbonyl (C=O) groups excluding carboxylic acids is 1. The number of aliphatic carboxylic acids is 1. The van der Waals surface area contributed by atoms with Crippen molar-refractivity contribution in [2.24, 2.45) is 5.41 Å². The Morgan fingerprint density at radius 2 is 1.89 bits per heavy atom. The second-order valence-corrected chi connectivity index (χ2v) is 4.97. The Morgan fingerprint density at radius 1 is 1.22 bits per heavy atom. The molecular formula is C14H17NO3. The van der Waals surface area contributed by atoms with E-state index < -0.39 is 5.97 Å². The average molecular weight is 247 g/mol. The van der Waals surface area contributed by atoms with E-state index in [1.165, 1.54) is 0 Å². The molecule has 18 heavy (non-hydrogen) atoms. The molecule has 0 bridgehead atoms. The van der Waals surface area contributed by atoms with Gasteiger partial charge < -0.3 is 10.4 Å². The summed E-state index contributed by atoms with van der Waals surface area (Å²) in [5.41, 5.74) is 0.387. The summed E-state index contributed by atoms with van der Waals surface area (Å²) in [5.74, 6) is -0.920. The number of carbonyl (C=O) groups is 2. The first kappa shape index (κ1) is 12.6. The predicted molar refractivity (Wildman–Crippen MR) is 67.3 cm³/mol. The summed E-state index contributed by atoms with van der Waals surface area (Å²) < 4.78 is 0. The summed E-state index contributed by atoms with van der Waals surface area (Å²) in [7, 11) is 0. The van der Waals surface area contributed by atoms with Gasteiger partial charge in [0.15, 0.2) is 0 Å². The number of carboxylic acids is 1. The predicted octanol–water partition coefficient (Wildman–Crippen LogP) is 2.06. The molecule has 0 aromatic heterocycles. The number of amides is 1. The minimum atomic E-state index is -0.788. The van der Waals surface area contributed by atoms with Crippen LogP contribution in [0.25, 0.3) is 0 Å². The molecule has 0 atom stereocenters. The van der Waals surface area contributed by atoms with Crippen LogP contribution in [0.15, 0.2) is 30.3 Å². The summed E-state index contributed by atoms with van der Waals surface area (Å²) in [6, 6.07) is 8.98. The maximum absolute atomic E-state index is 11.9. The van der Waals surface area contributed by atoms with Gasteiger partial charge in [0, 0.05) is 12.1 Å². The summed E-state index contributed by atoms with van der Waals surface area (Å²) in [6.45, 7) is 0.451. The van der Waals surface area contributed by atoms with Gasteiger partial charge in [-0.15, -0.1) is 0 Å². The fraction of sp³-hybridized carbons (Fsp3) is 0.429. The van der Waals surface area contributed by atoms with Crippen molar-refractivity contribution in [2.45, 2.75) is 25.7 Å². The molecule has 1 aliphatic carbocycles. The van der Waals surface area contributed by atoms with Crippen molar-refractivity contribution in [1.82, 2.24) is 5.32 Å². The van der Waals surface area contributed by atoms with Gasteiger partial charge in [0.2, 0.25) is 0 Å². The molecule has 0 radical (unpaired) electrons. The lowest BCUT2D eigenvalue weighted by molar-refractivity contribution is -0.141. The van der Waals surface area contributed by atoms with Crippen LogP contribution in [-0.4, -0.2) is 23.5 Å². The van der Waals surface area contributed by atoms with Crippen molar-refractivity contribution >= 4 is 11.9 Å². The molecule has 0 aliphatic heterocycles. The Kier molecular flexibility index (Phi) is 3.65. The van der Waals surface area contributed by atoms with Crippen LogP contribution >= 0.6 is 0 Å². The van der Waals surface area contributed by atoms with E-state index in [9.17, 15) is 9.59 Å². The van der Waals surface area contributed by atoms with Crippen LogP contribution in [0.3, 0.4) is 0 Å². The summed E-state index contributed by atoms with van der Waals surface area (Å²) in [4.78, 5) is 22.7. The van der Waals surface area contributed by atoms with Gasteiger partial charge in [-0.2, -0.15) is 0 Å². The van der Waals surface area contributed by atoms with Crippen LogP contribution in [0.1, 0.15) is 36.0 Å². The molecule has 96 valence electrons. The molecule has 4 heteroatoms. The number of hydrogen-bond acceptors (Lipinski definition) is 2. The Labute approximate surface area is 106 Å². The standard InChI is InChI=1S/C14H17NO3/c16-12(17)9-14(7-4-8-14)10-15-13(18)11-5-2-1-3-6-11/h1-3,5-6H,4,7-10H2,(H,15,18)(H,16,17). The first-order chi connectivity index (χ1) is 8.61. The highest BCUT2D eigenvalue weighted by atomic mass is 16.4. The number of rotatable bonds is 5. The molecular weight excluding hydrogens is 230 g/mol. The first-order valence-corrected chi connectivity index (χ1v) is 6.16. The van der Waals surface area contributed by atoms with E-state index in [0.29, 0.717) is 12.1 Å². The molecule has 0 heterocycles. The Bertz CT molecular complexity index is 438. The molecule has 1 amide bonds. The minimum absolute atomic E-state index is 0.132. The van der Waals surface area contributed by atoms with Gasteiger partial charge in [0.1, 0.15) is 0 Å². The van der Waals surface area contributed by atoms with Gasteiger partial charge in [0.25, 0.3) is 5.91 Å². The third kappa shape index (κ3) is 2.88. The summed E-state index contributed by atoms with van der Waals surface area (Å²) in [5, 5.41) is 11.7. The highest BCUT2D eigenvalue weighted by molar-refractivity contribution is 5.94. The molecule has 2 rings (SSSR count). The number of benzene rings is 1. The van der Waals surface area contributed by atoms with E-state index in [1.807, 2.05) is 18.2 Å². The van der Waals surface area contributed by atoms with Crippen molar-refractivity contribution in [1.29, 1.82) is 0 Å². The Hall–Kier alpha value is -1.84. The van der Waals surface area contributed by atoms with E-state index in [2.05, 4.69) is 5.32 Å². The van der Waals surface area contributed by atoms with Crippen LogP contribution in [-0.2, 0) is 4.79 Å². The molecule has 1 aromatic carbocycles. The lowest BCUT2D eigenvalue weighted by Gasteiger charge is -2.40. The second-order valence-electron chi connectivity index (χ2n) is 4.97. The van der Waals surface area contributed by atoms with E-state index in [-0.39, 0.29) is 17.7 Å². The van der Waals surface area contributed by atoms with Gasteiger partial charge in [0.05, 0.1) is 6.42 Å². The van der Waals surface area contributed by atoms with Crippen molar-refractivity contribution in [3.05, 3.63) is 35.9 Å². The fourth-order valence-corrected chi connectivity index (χ4v) is 2.37. The van der Waals surface area contributed by atoms with Gasteiger partial charge >= 0.3 is 5.97 Å². The smallest absolute Gasteiger partial charge is 0.303 e. The molecule has 4 nitrogen and oxygen atoms in total. The number of hydrogen-bond donors (Lipinski definition) is 2. The quantitative estimate of drug-likeness (QED) is 0.837.